The van der Waals surface area contributed by atoms with Gasteiger partial charge in [-0.2, -0.15) is 4.31 Å². The van der Waals surface area contributed by atoms with E-state index in [2.05, 4.69) is 5.32 Å². The smallest absolute Gasteiger partial charge is 0.251 e. The fourth-order valence-corrected chi connectivity index (χ4v) is 7.52. The Morgan fingerprint density at radius 1 is 0.929 bits per heavy atom. The monoisotopic (exact) mass is 404 g/mol. The number of carbonyl (C=O) groups excluding carboxylic acids is 1. The van der Waals surface area contributed by atoms with Gasteiger partial charge in [-0.15, -0.1) is 0 Å². The second-order valence-electron chi connectivity index (χ2n) is 8.97. The highest BCUT2D eigenvalue weighted by Crippen LogP contribution is 2.53. The van der Waals surface area contributed by atoms with Crippen molar-refractivity contribution in [3.8, 4) is 0 Å². The number of ether oxygens (including phenoxy) is 1. The van der Waals surface area contributed by atoms with Crippen LogP contribution in [0, 0.1) is 23.7 Å². The largest absolute Gasteiger partial charge is 0.379 e. The Hall–Kier alpha value is -1.44. The zero-order valence-electron chi connectivity index (χ0n) is 16.0. The van der Waals surface area contributed by atoms with Crippen molar-refractivity contribution in [3.63, 3.8) is 0 Å². The molecule has 28 heavy (non-hydrogen) atoms. The Morgan fingerprint density at radius 3 is 2.07 bits per heavy atom. The van der Waals surface area contributed by atoms with E-state index in [9.17, 15) is 13.2 Å². The van der Waals surface area contributed by atoms with Crippen LogP contribution in [-0.2, 0) is 14.8 Å². The van der Waals surface area contributed by atoms with Gasteiger partial charge in [0.05, 0.1) is 18.1 Å². The molecule has 0 aromatic heterocycles. The van der Waals surface area contributed by atoms with Gasteiger partial charge in [-0.3, -0.25) is 4.79 Å². The van der Waals surface area contributed by atoms with E-state index in [1.807, 2.05) is 0 Å². The lowest BCUT2D eigenvalue weighted by Gasteiger charge is -2.54. The minimum atomic E-state index is -3.52. The molecule has 5 aliphatic rings. The van der Waals surface area contributed by atoms with Crippen LogP contribution < -0.4 is 5.32 Å². The minimum absolute atomic E-state index is 0.0761. The Labute approximate surface area is 166 Å². The van der Waals surface area contributed by atoms with Crippen molar-refractivity contribution in [1.29, 1.82) is 0 Å². The van der Waals surface area contributed by atoms with Crippen molar-refractivity contribution >= 4 is 15.9 Å². The number of hydrogen-bond acceptors (Lipinski definition) is 4. The van der Waals surface area contributed by atoms with Crippen LogP contribution in [0.25, 0.3) is 0 Å². The van der Waals surface area contributed by atoms with Crippen LogP contribution in [0.1, 0.15) is 42.5 Å². The molecule has 1 amide bonds. The number of hydrogen-bond donors (Lipinski definition) is 1. The molecule has 4 saturated carbocycles. The quantitative estimate of drug-likeness (QED) is 0.835. The number of rotatable bonds is 4. The molecule has 1 N–H and O–H groups in total. The topological polar surface area (TPSA) is 75.7 Å². The Kier molecular flexibility index (Phi) is 4.72. The van der Waals surface area contributed by atoms with Gasteiger partial charge in [0.1, 0.15) is 0 Å². The molecule has 1 saturated heterocycles. The van der Waals surface area contributed by atoms with Gasteiger partial charge >= 0.3 is 0 Å². The third-order valence-corrected chi connectivity index (χ3v) is 9.16. The summed E-state index contributed by atoms with van der Waals surface area (Å²) in [5, 5.41) is 3.28. The maximum absolute atomic E-state index is 12.8. The van der Waals surface area contributed by atoms with E-state index in [0.29, 0.717) is 43.7 Å². The molecule has 0 spiro atoms. The van der Waals surface area contributed by atoms with Crippen molar-refractivity contribution < 1.29 is 17.9 Å². The predicted octanol–water partition coefficient (Wildman–Crippen LogP) is 2.26. The summed E-state index contributed by atoms with van der Waals surface area (Å²) in [7, 11) is -3.52. The molecule has 0 radical (unpaired) electrons. The van der Waals surface area contributed by atoms with Crippen molar-refractivity contribution in [2.45, 2.75) is 43.0 Å². The second-order valence-corrected chi connectivity index (χ2v) is 10.9. The van der Waals surface area contributed by atoms with Gasteiger partial charge < -0.3 is 10.1 Å². The molecule has 5 fully saturated rings. The van der Waals surface area contributed by atoms with Crippen LogP contribution in [-0.4, -0.2) is 51.0 Å². The molecule has 7 heteroatoms. The lowest BCUT2D eigenvalue weighted by Crippen LogP contribution is -2.55. The van der Waals surface area contributed by atoms with Crippen LogP contribution in [0.3, 0.4) is 0 Å². The van der Waals surface area contributed by atoms with Gasteiger partial charge in [0.2, 0.25) is 10.0 Å². The van der Waals surface area contributed by atoms with Gasteiger partial charge in [0, 0.05) is 24.7 Å². The zero-order chi connectivity index (χ0) is 19.3. The highest BCUT2D eigenvalue weighted by atomic mass is 32.2. The molecule has 1 aliphatic heterocycles. The number of nitrogens with one attached hydrogen (secondary N) is 1. The van der Waals surface area contributed by atoms with E-state index < -0.39 is 10.0 Å². The summed E-state index contributed by atoms with van der Waals surface area (Å²) in [6.45, 7) is 1.59. The highest BCUT2D eigenvalue weighted by Gasteiger charge is 2.48. The number of carbonyl (C=O) groups is 1. The van der Waals surface area contributed by atoms with Gasteiger partial charge in [0.15, 0.2) is 0 Å². The van der Waals surface area contributed by atoms with E-state index in [4.69, 9.17) is 4.74 Å². The van der Waals surface area contributed by atoms with E-state index >= 15 is 0 Å². The average Bonchev–Trinajstić information content (AvgIpc) is 2.71. The Morgan fingerprint density at radius 2 is 1.50 bits per heavy atom. The third kappa shape index (κ3) is 3.27. The van der Waals surface area contributed by atoms with E-state index in [1.54, 1.807) is 24.3 Å². The summed E-state index contributed by atoms with van der Waals surface area (Å²) in [6.07, 6.45) is 6.43. The third-order valence-electron chi connectivity index (χ3n) is 7.25. The molecular weight excluding hydrogens is 376 g/mol. The van der Waals surface area contributed by atoms with Crippen LogP contribution in [0.4, 0.5) is 0 Å². The van der Waals surface area contributed by atoms with Crippen LogP contribution in [0.5, 0.6) is 0 Å². The average molecular weight is 405 g/mol. The Balaban J connectivity index is 1.27. The molecule has 0 atom stereocenters. The van der Waals surface area contributed by atoms with Gasteiger partial charge in [-0.25, -0.2) is 8.42 Å². The molecule has 1 heterocycles. The summed E-state index contributed by atoms with van der Waals surface area (Å²) >= 11 is 0. The first-order chi connectivity index (χ1) is 13.5. The molecular formula is C21H28N2O4S. The number of benzene rings is 1. The van der Waals surface area contributed by atoms with Crippen molar-refractivity contribution in [3.05, 3.63) is 29.8 Å². The fourth-order valence-electron chi connectivity index (χ4n) is 6.11. The predicted molar refractivity (Wildman–Crippen MR) is 104 cm³/mol. The van der Waals surface area contributed by atoms with E-state index in [-0.39, 0.29) is 16.8 Å². The summed E-state index contributed by atoms with van der Waals surface area (Å²) in [4.78, 5) is 13.0. The first kappa shape index (κ1) is 18.6. The molecule has 1 aromatic carbocycles. The van der Waals surface area contributed by atoms with Crippen LogP contribution >= 0.6 is 0 Å². The molecule has 1 aromatic rings. The second kappa shape index (κ2) is 7.11. The number of sulfonamides is 1. The molecule has 4 bridgehead atoms. The number of nitrogens with zero attached hydrogens (tertiary/aromatic N) is 1. The maximum Gasteiger partial charge on any atom is 0.251 e. The lowest BCUT2D eigenvalue weighted by molar-refractivity contribution is -0.0119. The number of amides is 1. The summed E-state index contributed by atoms with van der Waals surface area (Å²) < 4.78 is 32.1. The molecule has 4 aliphatic carbocycles. The summed E-state index contributed by atoms with van der Waals surface area (Å²) in [5.41, 5.74) is 0.537. The summed E-state index contributed by atoms with van der Waals surface area (Å²) in [5.74, 6) is 2.93. The molecule has 152 valence electrons. The molecule has 0 unspecified atom stereocenters. The minimum Gasteiger partial charge on any atom is -0.379 e. The lowest BCUT2D eigenvalue weighted by atomic mass is 9.54. The standard InChI is InChI=1S/C21H28N2O4S/c24-21(22-20-17-10-14-9-15(12-17)13-18(20)11-14)16-1-3-19(4-2-16)28(25,26)23-5-7-27-8-6-23/h1-4,14-15,17-18,20H,5-13H2,(H,22,24). The van der Waals surface area contributed by atoms with Gasteiger partial charge in [-0.1, -0.05) is 0 Å². The van der Waals surface area contributed by atoms with Gasteiger partial charge in [0.25, 0.3) is 5.91 Å². The van der Waals surface area contributed by atoms with Crippen molar-refractivity contribution in [2.24, 2.45) is 23.7 Å². The first-order valence-electron chi connectivity index (χ1n) is 10.5. The van der Waals surface area contributed by atoms with Gasteiger partial charge in [-0.05, 0) is 80.0 Å². The van der Waals surface area contributed by atoms with Crippen LogP contribution in [0.15, 0.2) is 29.2 Å². The molecule has 6 rings (SSSR count). The summed E-state index contributed by atoms with van der Waals surface area (Å²) in [6, 6.07) is 6.67. The fraction of sp³-hybridized carbons (Fsp3) is 0.667. The SMILES string of the molecule is O=C(NC1C2CC3CC(C2)CC1C3)c1ccc(S(=O)(=O)N2CCOCC2)cc1. The Bertz CT molecular complexity index is 818. The zero-order valence-corrected chi connectivity index (χ0v) is 16.9. The highest BCUT2D eigenvalue weighted by molar-refractivity contribution is 7.89. The first-order valence-corrected chi connectivity index (χ1v) is 11.9. The normalized spacial score (nSPS) is 35.1. The number of morpholine rings is 1. The van der Waals surface area contributed by atoms with Crippen LogP contribution in [0.2, 0.25) is 0 Å². The van der Waals surface area contributed by atoms with Crippen molar-refractivity contribution in [1.82, 2.24) is 9.62 Å². The molecule has 6 nitrogen and oxygen atoms in total. The van der Waals surface area contributed by atoms with E-state index in [1.165, 1.54) is 36.4 Å². The maximum atomic E-state index is 12.8. The van der Waals surface area contributed by atoms with Crippen molar-refractivity contribution in [2.75, 3.05) is 26.3 Å². The van der Waals surface area contributed by atoms with E-state index in [0.717, 1.165) is 11.8 Å².